The summed E-state index contributed by atoms with van der Waals surface area (Å²) in [4.78, 5) is 24.0. The molecule has 1 aliphatic rings. The smallest absolute Gasteiger partial charge is 0.338 e. The number of carbonyl (C=O) groups is 2. The van der Waals surface area contributed by atoms with Crippen molar-refractivity contribution in [1.82, 2.24) is 0 Å². The lowest BCUT2D eigenvalue weighted by Gasteiger charge is -2.26. The third-order valence-corrected chi connectivity index (χ3v) is 3.77. The maximum Gasteiger partial charge on any atom is 0.338 e. The molecular formula is C18H18N2O5. The summed E-state index contributed by atoms with van der Waals surface area (Å²) in [6.07, 6.45) is 0. The van der Waals surface area contributed by atoms with Gasteiger partial charge < -0.3 is 19.9 Å². The number of ether oxygens (including phenoxy) is 3. The lowest BCUT2D eigenvalue weighted by Crippen LogP contribution is -2.25. The molecule has 0 unspecified atom stereocenters. The predicted molar refractivity (Wildman–Crippen MR) is 87.8 cm³/mol. The van der Waals surface area contributed by atoms with Gasteiger partial charge in [0.2, 0.25) is 5.88 Å². The van der Waals surface area contributed by atoms with Crippen LogP contribution in [0.2, 0.25) is 0 Å². The largest absolute Gasteiger partial charge is 0.466 e. The standard InChI is InChI=1S/C18H18N2O5/c1-4-24-17(21)12-7-5-11(6-8-12)15-13(9-19)16(20)25-10(2)14(15)18(22)23-3/h5-8,15H,4,20H2,1-3H3/t15-/m0/s1. The summed E-state index contributed by atoms with van der Waals surface area (Å²) in [5.74, 6) is -1.59. The number of nitrogens with zero attached hydrogens (tertiary/aromatic N) is 1. The van der Waals surface area contributed by atoms with Crippen molar-refractivity contribution >= 4 is 11.9 Å². The molecule has 1 aliphatic heterocycles. The maximum absolute atomic E-state index is 12.2. The fourth-order valence-electron chi connectivity index (χ4n) is 2.62. The van der Waals surface area contributed by atoms with Crippen LogP contribution in [0.25, 0.3) is 0 Å². The van der Waals surface area contributed by atoms with E-state index in [-0.39, 0.29) is 29.4 Å². The van der Waals surface area contributed by atoms with Crippen molar-refractivity contribution in [3.05, 3.63) is 58.2 Å². The number of hydrogen-bond acceptors (Lipinski definition) is 7. The summed E-state index contributed by atoms with van der Waals surface area (Å²) < 4.78 is 15.1. The Bertz CT molecular complexity index is 800. The van der Waals surface area contributed by atoms with Crippen molar-refractivity contribution in [1.29, 1.82) is 5.26 Å². The molecule has 0 bridgehead atoms. The highest BCUT2D eigenvalue weighted by atomic mass is 16.5. The molecule has 1 aromatic carbocycles. The summed E-state index contributed by atoms with van der Waals surface area (Å²) in [5.41, 5.74) is 7.08. The number of hydrogen-bond donors (Lipinski definition) is 1. The van der Waals surface area contributed by atoms with Gasteiger partial charge in [0.05, 0.1) is 30.8 Å². The Morgan fingerprint density at radius 2 is 1.92 bits per heavy atom. The van der Waals surface area contributed by atoms with Crippen LogP contribution in [0, 0.1) is 11.3 Å². The molecular weight excluding hydrogens is 324 g/mol. The number of esters is 2. The first-order valence-corrected chi connectivity index (χ1v) is 7.58. The molecule has 2 N–H and O–H groups in total. The Morgan fingerprint density at radius 1 is 1.28 bits per heavy atom. The Morgan fingerprint density at radius 3 is 2.44 bits per heavy atom. The molecule has 0 aromatic heterocycles. The third kappa shape index (κ3) is 3.48. The van der Waals surface area contributed by atoms with Gasteiger partial charge in [0.15, 0.2) is 0 Å². The molecule has 0 radical (unpaired) electrons. The number of nitrogens with two attached hydrogens (primary N) is 1. The van der Waals surface area contributed by atoms with Gasteiger partial charge in [-0.3, -0.25) is 0 Å². The molecule has 25 heavy (non-hydrogen) atoms. The highest BCUT2D eigenvalue weighted by Gasteiger charge is 2.36. The van der Waals surface area contributed by atoms with E-state index in [1.165, 1.54) is 7.11 Å². The van der Waals surface area contributed by atoms with Gasteiger partial charge >= 0.3 is 11.9 Å². The Balaban J connectivity index is 2.51. The Hall–Kier alpha value is -3.27. The molecule has 0 fully saturated rings. The SMILES string of the molecule is CCOC(=O)c1ccc([C@H]2C(C#N)=C(N)OC(C)=C2C(=O)OC)cc1. The number of nitriles is 1. The average molecular weight is 342 g/mol. The van der Waals surface area contributed by atoms with Crippen LogP contribution in [-0.4, -0.2) is 25.7 Å². The first kappa shape index (κ1) is 18.1. The fourth-order valence-corrected chi connectivity index (χ4v) is 2.62. The van der Waals surface area contributed by atoms with Gasteiger partial charge in [-0.2, -0.15) is 5.26 Å². The highest BCUT2D eigenvalue weighted by Crippen LogP contribution is 2.39. The molecule has 1 aromatic rings. The van der Waals surface area contributed by atoms with Crippen LogP contribution < -0.4 is 5.73 Å². The first-order chi connectivity index (χ1) is 11.9. The summed E-state index contributed by atoms with van der Waals surface area (Å²) in [7, 11) is 1.25. The summed E-state index contributed by atoms with van der Waals surface area (Å²) in [6.45, 7) is 3.57. The Kier molecular flexibility index (Phi) is 5.45. The van der Waals surface area contributed by atoms with Gasteiger partial charge in [-0.15, -0.1) is 0 Å². The van der Waals surface area contributed by atoms with E-state index < -0.39 is 17.9 Å². The van der Waals surface area contributed by atoms with Crippen molar-refractivity contribution in [3.8, 4) is 6.07 Å². The zero-order valence-corrected chi connectivity index (χ0v) is 14.2. The molecule has 0 amide bonds. The lowest BCUT2D eigenvalue weighted by molar-refractivity contribution is -0.136. The predicted octanol–water partition coefficient (Wildman–Crippen LogP) is 2.12. The maximum atomic E-state index is 12.2. The van der Waals surface area contributed by atoms with Crippen molar-refractivity contribution in [3.63, 3.8) is 0 Å². The van der Waals surface area contributed by atoms with Gasteiger partial charge in [0.25, 0.3) is 0 Å². The molecule has 0 saturated carbocycles. The normalized spacial score (nSPS) is 16.8. The number of allylic oxidation sites excluding steroid dienone is 2. The minimum absolute atomic E-state index is 0.0628. The molecule has 0 aliphatic carbocycles. The summed E-state index contributed by atoms with van der Waals surface area (Å²) >= 11 is 0. The van der Waals surface area contributed by atoms with E-state index in [9.17, 15) is 14.9 Å². The second kappa shape index (κ2) is 7.53. The second-order valence-electron chi connectivity index (χ2n) is 5.23. The van der Waals surface area contributed by atoms with Crippen LogP contribution in [0.4, 0.5) is 0 Å². The quantitative estimate of drug-likeness (QED) is 0.834. The van der Waals surface area contributed by atoms with E-state index >= 15 is 0 Å². The van der Waals surface area contributed by atoms with E-state index in [0.717, 1.165) is 0 Å². The van der Waals surface area contributed by atoms with E-state index in [2.05, 4.69) is 0 Å². The van der Waals surface area contributed by atoms with Gasteiger partial charge in [-0.1, -0.05) is 12.1 Å². The van der Waals surface area contributed by atoms with Crippen LogP contribution >= 0.6 is 0 Å². The van der Waals surface area contributed by atoms with Gasteiger partial charge in [-0.05, 0) is 31.5 Å². The first-order valence-electron chi connectivity index (χ1n) is 7.58. The van der Waals surface area contributed by atoms with Gasteiger partial charge in [-0.25, -0.2) is 9.59 Å². The Labute approximate surface area is 145 Å². The van der Waals surface area contributed by atoms with Crippen molar-refractivity contribution < 1.29 is 23.8 Å². The average Bonchev–Trinajstić information content (AvgIpc) is 2.61. The van der Waals surface area contributed by atoms with Crippen LogP contribution in [0.1, 0.15) is 35.7 Å². The minimum Gasteiger partial charge on any atom is -0.466 e. The number of methoxy groups -OCH3 is 1. The van der Waals surface area contributed by atoms with E-state index in [4.69, 9.17) is 19.9 Å². The van der Waals surface area contributed by atoms with Crippen molar-refractivity contribution in [2.75, 3.05) is 13.7 Å². The third-order valence-electron chi connectivity index (χ3n) is 3.77. The summed E-state index contributed by atoms with van der Waals surface area (Å²) in [5, 5.41) is 9.45. The number of carbonyl (C=O) groups excluding carboxylic acids is 2. The van der Waals surface area contributed by atoms with Crippen molar-refractivity contribution in [2.24, 2.45) is 5.73 Å². The van der Waals surface area contributed by atoms with Gasteiger partial charge in [0.1, 0.15) is 17.4 Å². The van der Waals surface area contributed by atoms with E-state index in [1.807, 2.05) is 6.07 Å². The molecule has 7 nitrogen and oxygen atoms in total. The van der Waals surface area contributed by atoms with Crippen LogP contribution in [0.15, 0.2) is 47.1 Å². The van der Waals surface area contributed by atoms with Crippen molar-refractivity contribution in [2.45, 2.75) is 19.8 Å². The zero-order valence-electron chi connectivity index (χ0n) is 14.2. The van der Waals surface area contributed by atoms with Crippen LogP contribution in [-0.2, 0) is 19.0 Å². The van der Waals surface area contributed by atoms with Gasteiger partial charge in [0, 0.05) is 0 Å². The number of rotatable bonds is 4. The molecule has 1 heterocycles. The minimum atomic E-state index is -0.734. The highest BCUT2D eigenvalue weighted by molar-refractivity contribution is 5.93. The number of benzene rings is 1. The molecule has 1 atom stereocenters. The monoisotopic (exact) mass is 342 g/mol. The molecule has 130 valence electrons. The molecule has 0 spiro atoms. The van der Waals surface area contributed by atoms with Crippen LogP contribution in [0.5, 0.6) is 0 Å². The fraction of sp³-hybridized carbons (Fsp3) is 0.278. The zero-order chi connectivity index (χ0) is 18.6. The second-order valence-corrected chi connectivity index (χ2v) is 5.23. The molecule has 0 saturated heterocycles. The molecule has 2 rings (SSSR count). The van der Waals surface area contributed by atoms with E-state index in [0.29, 0.717) is 11.1 Å². The topological polar surface area (TPSA) is 112 Å². The van der Waals surface area contributed by atoms with Crippen LogP contribution in [0.3, 0.4) is 0 Å². The summed E-state index contributed by atoms with van der Waals surface area (Å²) in [6, 6.07) is 8.40. The lowest BCUT2D eigenvalue weighted by atomic mass is 9.83. The molecule has 7 heteroatoms. The van der Waals surface area contributed by atoms with E-state index in [1.54, 1.807) is 38.1 Å².